The Morgan fingerprint density at radius 1 is 1.53 bits per heavy atom. The molecule has 0 N–H and O–H groups in total. The molecule has 4 heteroatoms. The number of aromatic nitrogens is 3. The van der Waals surface area contributed by atoms with Gasteiger partial charge in [-0.05, 0) is 26.3 Å². The maximum absolute atomic E-state index is 11.5. The summed E-state index contributed by atoms with van der Waals surface area (Å²) in [6, 6.07) is 0. The predicted octanol–water partition coefficient (Wildman–Crippen LogP) is 1.77. The number of carbonyl (C=O) groups is 1. The van der Waals surface area contributed by atoms with E-state index >= 15 is 0 Å². The highest BCUT2D eigenvalue weighted by atomic mass is 16.1. The second kappa shape index (κ2) is 5.44. The molecule has 0 spiro atoms. The fraction of sp³-hybridized carbons (Fsp3) is 0.545. The predicted molar refractivity (Wildman–Crippen MR) is 58.5 cm³/mol. The Hall–Kier alpha value is -1.45. The molecule has 0 aliphatic heterocycles. The van der Waals surface area contributed by atoms with Gasteiger partial charge in [-0.3, -0.25) is 4.79 Å². The Morgan fingerprint density at radius 2 is 2.27 bits per heavy atom. The normalized spacial score (nSPS) is 10.1. The minimum Gasteiger partial charge on any atom is -0.294 e. The van der Waals surface area contributed by atoms with Gasteiger partial charge in [0.1, 0.15) is 12.2 Å². The van der Waals surface area contributed by atoms with Gasteiger partial charge in [-0.15, -0.1) is 0 Å². The lowest BCUT2D eigenvalue weighted by Crippen LogP contribution is -2.09. The molecule has 0 aromatic carbocycles. The molecule has 1 heterocycles. The van der Waals surface area contributed by atoms with Gasteiger partial charge in [-0.1, -0.05) is 12.5 Å². The minimum absolute atomic E-state index is 0.0837. The maximum Gasteiger partial charge on any atom is 0.163 e. The van der Waals surface area contributed by atoms with Crippen LogP contribution in [0, 0.1) is 0 Å². The van der Waals surface area contributed by atoms with E-state index in [1.54, 1.807) is 10.8 Å². The van der Waals surface area contributed by atoms with E-state index in [9.17, 15) is 4.79 Å². The van der Waals surface area contributed by atoms with E-state index in [0.29, 0.717) is 6.42 Å². The maximum atomic E-state index is 11.5. The summed E-state index contributed by atoms with van der Waals surface area (Å²) < 4.78 is 1.79. The molecule has 1 aromatic rings. The van der Waals surface area contributed by atoms with Gasteiger partial charge in [0.05, 0.1) is 6.42 Å². The summed E-state index contributed by atoms with van der Waals surface area (Å²) in [5.41, 5.74) is 1.02. The highest BCUT2D eigenvalue weighted by Gasteiger charge is 2.07. The number of carbonyl (C=O) groups excluding carboxylic acids is 1. The molecule has 0 unspecified atom stereocenters. The molecule has 0 atom stereocenters. The van der Waals surface area contributed by atoms with Crippen molar-refractivity contribution in [2.75, 3.05) is 0 Å². The van der Waals surface area contributed by atoms with Gasteiger partial charge in [0.2, 0.25) is 0 Å². The standard InChI is InChI=1S/C11H17N3O/c1-4-5-14-11(12-8-13-14)7-10(15)6-9(2)3/h6,8H,4-5,7H2,1-3H3. The summed E-state index contributed by atoms with van der Waals surface area (Å²) in [5.74, 6) is 0.833. The first kappa shape index (κ1) is 11.6. The Kier molecular flexibility index (Phi) is 4.21. The van der Waals surface area contributed by atoms with Crippen molar-refractivity contribution < 1.29 is 4.79 Å². The summed E-state index contributed by atoms with van der Waals surface area (Å²) in [6.07, 6.45) is 4.48. The lowest BCUT2D eigenvalue weighted by Gasteiger charge is -2.01. The second-order valence-corrected chi connectivity index (χ2v) is 3.76. The highest BCUT2D eigenvalue weighted by Crippen LogP contribution is 2.00. The van der Waals surface area contributed by atoms with Crippen LogP contribution in [0.1, 0.15) is 33.0 Å². The van der Waals surface area contributed by atoms with Crippen LogP contribution in [0.15, 0.2) is 18.0 Å². The fourth-order valence-corrected chi connectivity index (χ4v) is 1.35. The molecule has 82 valence electrons. The summed E-state index contributed by atoms with van der Waals surface area (Å²) in [5, 5.41) is 4.07. The molecule has 0 aliphatic carbocycles. The third-order valence-electron chi connectivity index (χ3n) is 1.91. The molecule has 0 bridgehead atoms. The van der Waals surface area contributed by atoms with E-state index in [2.05, 4.69) is 17.0 Å². The van der Waals surface area contributed by atoms with Crippen LogP contribution in [-0.4, -0.2) is 20.5 Å². The molecule has 0 saturated carbocycles. The zero-order chi connectivity index (χ0) is 11.3. The van der Waals surface area contributed by atoms with Crippen molar-refractivity contribution in [2.45, 2.75) is 40.2 Å². The summed E-state index contributed by atoms with van der Waals surface area (Å²) >= 11 is 0. The van der Waals surface area contributed by atoms with Crippen LogP contribution in [0.5, 0.6) is 0 Å². The molecular formula is C11H17N3O. The van der Waals surface area contributed by atoms with Gasteiger partial charge in [0.15, 0.2) is 5.78 Å². The monoisotopic (exact) mass is 207 g/mol. The number of hydrogen-bond acceptors (Lipinski definition) is 3. The number of nitrogens with zero attached hydrogens (tertiary/aromatic N) is 3. The molecular weight excluding hydrogens is 190 g/mol. The molecule has 1 rings (SSSR count). The molecule has 1 aromatic heterocycles. The molecule has 0 saturated heterocycles. The van der Waals surface area contributed by atoms with Gasteiger partial charge in [0.25, 0.3) is 0 Å². The average Bonchev–Trinajstić information content (AvgIpc) is 2.52. The molecule has 0 radical (unpaired) electrons. The first-order valence-electron chi connectivity index (χ1n) is 5.18. The second-order valence-electron chi connectivity index (χ2n) is 3.76. The van der Waals surface area contributed by atoms with E-state index in [1.807, 2.05) is 13.8 Å². The SMILES string of the molecule is CCCn1ncnc1CC(=O)C=C(C)C. The van der Waals surface area contributed by atoms with E-state index < -0.39 is 0 Å². The Morgan fingerprint density at radius 3 is 2.87 bits per heavy atom. The van der Waals surface area contributed by atoms with Crippen LogP contribution in [0.4, 0.5) is 0 Å². The van der Waals surface area contributed by atoms with Crippen molar-refractivity contribution in [3.05, 3.63) is 23.8 Å². The first-order valence-corrected chi connectivity index (χ1v) is 5.18. The van der Waals surface area contributed by atoms with Crippen molar-refractivity contribution in [2.24, 2.45) is 0 Å². The molecule has 0 amide bonds. The molecule has 4 nitrogen and oxygen atoms in total. The summed E-state index contributed by atoms with van der Waals surface area (Å²) in [6.45, 7) is 6.71. The zero-order valence-electron chi connectivity index (χ0n) is 9.53. The average molecular weight is 207 g/mol. The van der Waals surface area contributed by atoms with Crippen LogP contribution < -0.4 is 0 Å². The number of ketones is 1. The fourth-order valence-electron chi connectivity index (χ4n) is 1.35. The van der Waals surface area contributed by atoms with Crippen molar-refractivity contribution in [1.82, 2.24) is 14.8 Å². The summed E-state index contributed by atoms with van der Waals surface area (Å²) in [4.78, 5) is 15.6. The Bertz CT molecular complexity index is 362. The zero-order valence-corrected chi connectivity index (χ0v) is 9.53. The van der Waals surface area contributed by atoms with Crippen molar-refractivity contribution in [3.63, 3.8) is 0 Å². The highest BCUT2D eigenvalue weighted by molar-refractivity contribution is 5.91. The minimum atomic E-state index is 0.0837. The van der Waals surface area contributed by atoms with E-state index in [0.717, 1.165) is 24.4 Å². The van der Waals surface area contributed by atoms with E-state index in [4.69, 9.17) is 0 Å². The van der Waals surface area contributed by atoms with Crippen LogP contribution in [0.2, 0.25) is 0 Å². The lowest BCUT2D eigenvalue weighted by atomic mass is 10.2. The van der Waals surface area contributed by atoms with Gasteiger partial charge >= 0.3 is 0 Å². The van der Waals surface area contributed by atoms with Crippen LogP contribution in [0.25, 0.3) is 0 Å². The molecule has 0 aliphatic rings. The van der Waals surface area contributed by atoms with Crippen molar-refractivity contribution in [1.29, 1.82) is 0 Å². The largest absolute Gasteiger partial charge is 0.294 e. The van der Waals surface area contributed by atoms with Gasteiger partial charge in [-0.25, -0.2) is 9.67 Å². The van der Waals surface area contributed by atoms with E-state index in [-0.39, 0.29) is 5.78 Å². The van der Waals surface area contributed by atoms with Crippen molar-refractivity contribution >= 4 is 5.78 Å². The number of allylic oxidation sites excluding steroid dienone is 2. The quantitative estimate of drug-likeness (QED) is 0.691. The van der Waals surface area contributed by atoms with Gasteiger partial charge in [-0.2, -0.15) is 5.10 Å². The van der Waals surface area contributed by atoms with Crippen LogP contribution >= 0.6 is 0 Å². The topological polar surface area (TPSA) is 47.8 Å². The van der Waals surface area contributed by atoms with Crippen LogP contribution in [0.3, 0.4) is 0 Å². The van der Waals surface area contributed by atoms with Crippen molar-refractivity contribution in [3.8, 4) is 0 Å². The van der Waals surface area contributed by atoms with Crippen LogP contribution in [-0.2, 0) is 17.8 Å². The summed E-state index contributed by atoms with van der Waals surface area (Å²) in [7, 11) is 0. The molecule has 15 heavy (non-hydrogen) atoms. The smallest absolute Gasteiger partial charge is 0.163 e. The van der Waals surface area contributed by atoms with Gasteiger partial charge in [0, 0.05) is 6.54 Å². The number of hydrogen-bond donors (Lipinski definition) is 0. The van der Waals surface area contributed by atoms with E-state index in [1.165, 1.54) is 6.33 Å². The Balaban J connectivity index is 2.68. The first-order chi connectivity index (χ1) is 7.13. The number of aryl methyl sites for hydroxylation is 1. The Labute approximate surface area is 90.0 Å². The third kappa shape index (κ3) is 3.65. The number of rotatable bonds is 5. The lowest BCUT2D eigenvalue weighted by molar-refractivity contribution is -0.114. The molecule has 0 fully saturated rings. The van der Waals surface area contributed by atoms with Gasteiger partial charge < -0.3 is 0 Å². The third-order valence-corrected chi connectivity index (χ3v) is 1.91.